The van der Waals surface area contributed by atoms with Crippen LogP contribution in [0.5, 0.6) is 5.75 Å². The number of hydrogen-bond acceptors (Lipinski definition) is 3. The minimum Gasteiger partial charge on any atom is -0.489 e. The molecule has 1 aromatic heterocycles. The van der Waals surface area contributed by atoms with Gasteiger partial charge in [0.25, 0.3) is 0 Å². The maximum Gasteiger partial charge on any atom is 0.142 e. The lowest BCUT2D eigenvalue weighted by Crippen LogP contribution is -2.08. The second kappa shape index (κ2) is 7.11. The first-order chi connectivity index (χ1) is 11.3. The van der Waals surface area contributed by atoms with Crippen LogP contribution >= 0.6 is 0 Å². The first kappa shape index (κ1) is 15.3. The molecule has 1 N–H and O–H groups in total. The van der Waals surface area contributed by atoms with Gasteiger partial charge in [0.05, 0.1) is 0 Å². The molecular formula is C19H20N2O2. The number of aliphatic hydroxyl groups excluding tert-OH is 1. The molecule has 0 saturated heterocycles. The molecule has 0 saturated carbocycles. The molecule has 2 aromatic carbocycles. The van der Waals surface area contributed by atoms with Crippen LogP contribution in [0.15, 0.2) is 67.0 Å². The lowest BCUT2D eigenvalue weighted by atomic mass is 10.1. The Labute approximate surface area is 136 Å². The summed E-state index contributed by atoms with van der Waals surface area (Å²) in [5.41, 5.74) is 1.93. The third-order valence-corrected chi connectivity index (χ3v) is 3.78. The van der Waals surface area contributed by atoms with Crippen LogP contribution in [0.4, 0.5) is 0 Å². The molecule has 0 amide bonds. The smallest absolute Gasteiger partial charge is 0.142 e. The van der Waals surface area contributed by atoms with Gasteiger partial charge in [0.15, 0.2) is 0 Å². The maximum atomic E-state index is 10.5. The van der Waals surface area contributed by atoms with Crippen molar-refractivity contribution < 1.29 is 9.84 Å². The Morgan fingerprint density at radius 2 is 1.83 bits per heavy atom. The van der Waals surface area contributed by atoms with E-state index in [4.69, 9.17) is 4.74 Å². The highest BCUT2D eigenvalue weighted by Gasteiger charge is 2.15. The van der Waals surface area contributed by atoms with Crippen molar-refractivity contribution in [2.45, 2.75) is 26.2 Å². The highest BCUT2D eigenvalue weighted by atomic mass is 16.5. The summed E-state index contributed by atoms with van der Waals surface area (Å²) in [4.78, 5) is 4.24. The summed E-state index contributed by atoms with van der Waals surface area (Å²) in [7, 11) is 0. The van der Waals surface area contributed by atoms with Gasteiger partial charge in [-0.25, -0.2) is 4.98 Å². The van der Waals surface area contributed by atoms with Crippen molar-refractivity contribution >= 4 is 0 Å². The van der Waals surface area contributed by atoms with E-state index in [-0.39, 0.29) is 0 Å². The van der Waals surface area contributed by atoms with Crippen molar-refractivity contribution in [2.24, 2.45) is 0 Å². The van der Waals surface area contributed by atoms with Gasteiger partial charge in [-0.1, -0.05) is 42.5 Å². The average molecular weight is 308 g/mol. The molecule has 4 heteroatoms. The largest absolute Gasteiger partial charge is 0.489 e. The van der Waals surface area contributed by atoms with Crippen LogP contribution < -0.4 is 4.74 Å². The van der Waals surface area contributed by atoms with Gasteiger partial charge in [-0.05, 0) is 30.2 Å². The lowest BCUT2D eigenvalue weighted by molar-refractivity contribution is 0.204. The highest BCUT2D eigenvalue weighted by Crippen LogP contribution is 2.23. The van der Waals surface area contributed by atoms with Crippen molar-refractivity contribution in [3.8, 4) is 5.75 Å². The summed E-state index contributed by atoms with van der Waals surface area (Å²) in [5, 5.41) is 10.5. The zero-order valence-corrected chi connectivity index (χ0v) is 13.1. The second-order valence-electron chi connectivity index (χ2n) is 5.32. The maximum absolute atomic E-state index is 10.5. The van der Waals surface area contributed by atoms with Gasteiger partial charge in [-0.3, -0.25) is 0 Å². The van der Waals surface area contributed by atoms with E-state index >= 15 is 0 Å². The molecule has 0 radical (unpaired) electrons. The van der Waals surface area contributed by atoms with Crippen molar-refractivity contribution in [3.63, 3.8) is 0 Å². The fraction of sp³-hybridized carbons (Fsp3) is 0.211. The van der Waals surface area contributed by atoms with Crippen LogP contribution in [0, 0.1) is 0 Å². The number of aromatic nitrogens is 2. The number of imidazole rings is 1. The number of rotatable bonds is 6. The van der Waals surface area contributed by atoms with Crippen molar-refractivity contribution in [1.82, 2.24) is 9.55 Å². The fourth-order valence-corrected chi connectivity index (χ4v) is 2.47. The number of nitrogens with zero attached hydrogens (tertiary/aromatic N) is 2. The normalized spacial score (nSPS) is 12.1. The summed E-state index contributed by atoms with van der Waals surface area (Å²) in [6, 6.07) is 17.5. The zero-order valence-electron chi connectivity index (χ0n) is 13.1. The van der Waals surface area contributed by atoms with Gasteiger partial charge in [0, 0.05) is 18.9 Å². The molecule has 4 nitrogen and oxygen atoms in total. The van der Waals surface area contributed by atoms with Gasteiger partial charge in [-0.2, -0.15) is 0 Å². The number of benzene rings is 2. The van der Waals surface area contributed by atoms with E-state index in [1.165, 1.54) is 0 Å². The van der Waals surface area contributed by atoms with Gasteiger partial charge in [0.2, 0.25) is 0 Å². The average Bonchev–Trinajstić information content (AvgIpc) is 3.09. The van der Waals surface area contributed by atoms with Crippen molar-refractivity contribution in [1.29, 1.82) is 0 Å². The van der Waals surface area contributed by atoms with E-state index in [9.17, 15) is 5.11 Å². The van der Waals surface area contributed by atoms with Crippen molar-refractivity contribution in [2.75, 3.05) is 0 Å². The molecule has 3 aromatic rings. The zero-order chi connectivity index (χ0) is 16.1. The molecule has 1 unspecified atom stereocenters. The summed E-state index contributed by atoms with van der Waals surface area (Å²) in [6.45, 7) is 3.34. The first-order valence-electron chi connectivity index (χ1n) is 7.73. The number of hydrogen-bond donors (Lipinski definition) is 1. The van der Waals surface area contributed by atoms with Crippen LogP contribution in [0.25, 0.3) is 0 Å². The Bertz CT molecular complexity index is 736. The third-order valence-electron chi connectivity index (χ3n) is 3.78. The first-order valence-corrected chi connectivity index (χ1v) is 7.73. The fourth-order valence-electron chi connectivity index (χ4n) is 2.47. The van der Waals surface area contributed by atoms with Crippen LogP contribution in [0.2, 0.25) is 0 Å². The van der Waals surface area contributed by atoms with Gasteiger partial charge in [0.1, 0.15) is 24.3 Å². The predicted molar refractivity (Wildman–Crippen MR) is 89.2 cm³/mol. The molecule has 0 aliphatic carbocycles. The third kappa shape index (κ3) is 3.60. The Kier molecular flexibility index (Phi) is 4.74. The van der Waals surface area contributed by atoms with Gasteiger partial charge in [-0.15, -0.1) is 0 Å². The molecule has 1 heterocycles. The van der Waals surface area contributed by atoms with Crippen molar-refractivity contribution in [3.05, 3.63) is 83.9 Å². The summed E-state index contributed by atoms with van der Waals surface area (Å²) in [5.74, 6) is 1.44. The number of ether oxygens (including phenoxy) is 1. The predicted octanol–water partition coefficient (Wildman–Crippen LogP) is 3.56. The van der Waals surface area contributed by atoms with Crippen LogP contribution in [0.1, 0.15) is 30.0 Å². The molecule has 3 rings (SSSR count). The Morgan fingerprint density at radius 3 is 2.52 bits per heavy atom. The van der Waals surface area contributed by atoms with E-state index in [0.29, 0.717) is 12.4 Å². The second-order valence-corrected chi connectivity index (χ2v) is 5.32. The van der Waals surface area contributed by atoms with Gasteiger partial charge < -0.3 is 14.4 Å². The topological polar surface area (TPSA) is 47.3 Å². The van der Waals surface area contributed by atoms with E-state index in [1.807, 2.05) is 72.3 Å². The minimum absolute atomic E-state index is 0.531. The van der Waals surface area contributed by atoms with Gasteiger partial charge >= 0.3 is 0 Å². The summed E-state index contributed by atoms with van der Waals surface area (Å²) in [6.07, 6.45) is 2.85. The highest BCUT2D eigenvalue weighted by molar-refractivity contribution is 5.31. The summed E-state index contributed by atoms with van der Waals surface area (Å²) < 4.78 is 7.69. The minimum atomic E-state index is -0.729. The molecule has 23 heavy (non-hydrogen) atoms. The Balaban J connectivity index is 1.67. The van der Waals surface area contributed by atoms with Crippen LogP contribution in [-0.4, -0.2) is 14.7 Å². The van der Waals surface area contributed by atoms with Crippen LogP contribution in [0.3, 0.4) is 0 Å². The quantitative estimate of drug-likeness (QED) is 0.757. The van der Waals surface area contributed by atoms with E-state index < -0.39 is 6.10 Å². The monoisotopic (exact) mass is 308 g/mol. The molecule has 0 aliphatic rings. The number of aryl methyl sites for hydroxylation is 1. The van der Waals surface area contributed by atoms with E-state index in [2.05, 4.69) is 4.98 Å². The summed E-state index contributed by atoms with van der Waals surface area (Å²) >= 11 is 0. The molecule has 118 valence electrons. The molecule has 1 atom stereocenters. The Morgan fingerprint density at radius 1 is 1.09 bits per heavy atom. The Hall–Kier alpha value is -2.59. The number of aliphatic hydroxyl groups is 1. The molecule has 0 spiro atoms. The molecule has 0 bridgehead atoms. The molecule has 0 fully saturated rings. The van der Waals surface area contributed by atoms with E-state index in [1.54, 1.807) is 6.20 Å². The lowest BCUT2D eigenvalue weighted by Gasteiger charge is -2.13. The molecule has 0 aliphatic heterocycles. The van der Waals surface area contributed by atoms with E-state index in [0.717, 1.165) is 23.4 Å². The van der Waals surface area contributed by atoms with Crippen LogP contribution in [-0.2, 0) is 13.2 Å². The SMILES string of the molecule is CCn1ccnc1C(O)c1ccc(OCc2ccccc2)cc1. The molecular weight excluding hydrogens is 288 g/mol. The standard InChI is InChI=1S/C19H20N2O2/c1-2-21-13-12-20-19(21)18(22)16-8-10-17(11-9-16)23-14-15-6-4-3-5-7-15/h3-13,18,22H,2,14H2,1H3.